The fourth-order valence-corrected chi connectivity index (χ4v) is 8.32. The zero-order chi connectivity index (χ0) is 39.5. The third-order valence-electron chi connectivity index (χ3n) is 9.69. The Bertz CT molecular complexity index is 1980. The Morgan fingerprint density at radius 2 is 1.87 bits per heavy atom. The van der Waals surface area contributed by atoms with Crippen molar-refractivity contribution < 1.29 is 18.5 Å². The molecule has 294 valence electrons. The molecule has 2 unspecified atom stereocenters. The molecular weight excluding hydrogens is 760 g/mol. The van der Waals surface area contributed by atoms with Gasteiger partial charge in [0.15, 0.2) is 5.82 Å². The molecule has 55 heavy (non-hydrogen) atoms. The number of carbonyl (C=O) groups is 2. The fraction of sp³-hybridized carbons (Fsp3) is 0.474. The molecule has 0 spiro atoms. The van der Waals surface area contributed by atoms with Crippen LogP contribution >= 0.6 is 23.4 Å². The predicted octanol–water partition coefficient (Wildman–Crippen LogP) is 5.14. The van der Waals surface area contributed by atoms with Gasteiger partial charge in [0.1, 0.15) is 28.9 Å². The zero-order valence-electron chi connectivity index (χ0n) is 31.7. The highest BCUT2D eigenvalue weighted by Gasteiger charge is 2.29. The number of aliphatic imine (C=N–C) groups is 2. The van der Waals surface area contributed by atoms with E-state index in [1.165, 1.54) is 16.7 Å². The van der Waals surface area contributed by atoms with E-state index in [9.17, 15) is 19.1 Å². The molecule has 0 bridgehead atoms. The Kier molecular flexibility index (Phi) is 15.3. The summed E-state index contributed by atoms with van der Waals surface area (Å²) >= 11 is 7.82. The summed E-state index contributed by atoms with van der Waals surface area (Å²) in [5.74, 6) is 1.11. The van der Waals surface area contributed by atoms with Crippen molar-refractivity contribution in [3.63, 3.8) is 0 Å². The van der Waals surface area contributed by atoms with Crippen LogP contribution in [-0.2, 0) is 22.8 Å². The number of thioether (sulfide) groups is 1. The van der Waals surface area contributed by atoms with Crippen LogP contribution in [0.1, 0.15) is 56.1 Å². The highest BCUT2D eigenvalue weighted by Crippen LogP contribution is 2.34. The van der Waals surface area contributed by atoms with Gasteiger partial charge in [0.2, 0.25) is 5.91 Å². The minimum Gasteiger partial charge on any atom is -0.488 e. The molecule has 3 aromatic rings. The van der Waals surface area contributed by atoms with Crippen molar-refractivity contribution in [1.82, 2.24) is 24.3 Å². The number of halogens is 1. The van der Waals surface area contributed by atoms with Gasteiger partial charge in [-0.3, -0.25) is 29.6 Å². The van der Waals surface area contributed by atoms with E-state index in [-0.39, 0.29) is 24.5 Å². The van der Waals surface area contributed by atoms with Gasteiger partial charge in [0.05, 0.1) is 33.4 Å². The number of anilines is 1. The quantitative estimate of drug-likeness (QED) is 0.196. The number of likely N-dealkylation sites (tertiary alicyclic amines) is 1. The number of nitrogens with two attached hydrogens (primary N) is 1. The van der Waals surface area contributed by atoms with E-state index in [1.54, 1.807) is 40.9 Å². The Balaban J connectivity index is 0.00000187. The molecular formula is C38H49ClN10O4S2. The van der Waals surface area contributed by atoms with Crippen molar-refractivity contribution in [2.45, 2.75) is 62.0 Å². The molecule has 0 radical (unpaired) electrons. The van der Waals surface area contributed by atoms with Crippen LogP contribution in [0.3, 0.4) is 0 Å². The molecule has 14 nitrogen and oxygen atoms in total. The molecule has 2 aromatic carbocycles. The van der Waals surface area contributed by atoms with Crippen molar-refractivity contribution in [2.24, 2.45) is 22.8 Å². The fourth-order valence-electron chi connectivity index (χ4n) is 6.97. The number of amides is 3. The summed E-state index contributed by atoms with van der Waals surface area (Å²) in [6, 6.07) is 13.3. The first-order valence-electron chi connectivity index (χ1n) is 18.2. The minimum absolute atomic E-state index is 0.0752. The molecule has 4 heterocycles. The molecule has 2 atom stereocenters. The van der Waals surface area contributed by atoms with E-state index in [4.69, 9.17) is 22.1 Å². The van der Waals surface area contributed by atoms with Crippen LogP contribution in [0.2, 0.25) is 0 Å². The summed E-state index contributed by atoms with van der Waals surface area (Å²) in [5, 5.41) is 18.1. The first-order chi connectivity index (χ1) is 26.5. The topological polar surface area (TPSA) is 175 Å². The highest BCUT2D eigenvalue weighted by molar-refractivity contribution is 7.97. The van der Waals surface area contributed by atoms with Crippen LogP contribution in [0.15, 0.2) is 62.5 Å². The maximum absolute atomic E-state index is 13.5. The predicted molar refractivity (Wildman–Crippen MR) is 221 cm³/mol. The highest BCUT2D eigenvalue weighted by atomic mass is 35.5. The number of urea groups is 1. The lowest BCUT2D eigenvalue weighted by molar-refractivity contribution is -0.120. The number of benzene rings is 2. The van der Waals surface area contributed by atoms with Gasteiger partial charge in [0, 0.05) is 57.4 Å². The smallest absolute Gasteiger partial charge is 0.329 e. The molecule has 3 saturated heterocycles. The lowest BCUT2D eigenvalue weighted by atomic mass is 9.89. The number of carbonyl (C=O) groups excluding carboxylic acids is 2. The van der Waals surface area contributed by atoms with E-state index >= 15 is 0 Å². The Morgan fingerprint density at radius 3 is 2.55 bits per heavy atom. The summed E-state index contributed by atoms with van der Waals surface area (Å²) in [6.45, 7) is 6.01. The molecule has 0 aliphatic carbocycles. The van der Waals surface area contributed by atoms with Crippen LogP contribution < -0.4 is 20.7 Å². The molecule has 3 amide bonds. The van der Waals surface area contributed by atoms with Crippen molar-refractivity contribution in [1.29, 1.82) is 5.26 Å². The van der Waals surface area contributed by atoms with Crippen molar-refractivity contribution >= 4 is 75.6 Å². The van der Waals surface area contributed by atoms with E-state index in [2.05, 4.69) is 43.5 Å². The zero-order valence-corrected chi connectivity index (χ0v) is 34.1. The first kappa shape index (κ1) is 41.9. The van der Waals surface area contributed by atoms with Crippen molar-refractivity contribution in [3.05, 3.63) is 58.8 Å². The number of nitriles is 1. The number of nitrogens with one attached hydrogen (secondary N) is 1. The number of ether oxygens (including phenoxy) is 1. The normalized spacial score (nSPS) is 19.3. The number of rotatable bonds is 11. The summed E-state index contributed by atoms with van der Waals surface area (Å²) in [7, 11) is 0.465. The third-order valence-corrected chi connectivity index (χ3v) is 11.4. The standard InChI is InChI=1S/C36H43ClN10O4S.C2H6S/c1-24(51-33-18-30(5-3-27(33)19-38)52(50)46-14-9-29(10-15-46)41-21-28(37)20-40-23-39)22-45-12-7-25(8-13-45)26-4-6-31-32(17-26)44(2)43-35(31)47-16-11-34(48)42-36(47)49;1-3-2/h3-6,17-18,20-21,23-25,29H,7-16,22H2,1-2H3,(H2,39,40)(H,42,48,49);1-2H3/b28-20+,41-21?;. The SMILES string of the molecule is CC(CN1CCC(c2ccc3c(N4CCC(=O)NC4=O)nn(C)c3c2)CC1)Oc1cc(S(=O)N2CCC(N=C/C(Cl)=C\N=CN)CC2)ccc1C#N.CSC. The number of imide groups is 1. The van der Waals surface area contributed by atoms with Crippen molar-refractivity contribution in [3.8, 4) is 11.8 Å². The molecule has 1 aromatic heterocycles. The van der Waals surface area contributed by atoms with Gasteiger partial charge in [-0.25, -0.2) is 18.3 Å². The Morgan fingerprint density at radius 1 is 1.15 bits per heavy atom. The van der Waals surface area contributed by atoms with E-state index in [0.717, 1.165) is 56.0 Å². The summed E-state index contributed by atoms with van der Waals surface area (Å²) in [6.07, 6.45) is 11.7. The first-order valence-corrected chi connectivity index (χ1v) is 21.4. The molecule has 3 fully saturated rings. The van der Waals surface area contributed by atoms with Crippen LogP contribution in [0, 0.1) is 11.3 Å². The molecule has 17 heteroatoms. The average molecular weight is 809 g/mol. The van der Waals surface area contributed by atoms with Crippen LogP contribution in [0.4, 0.5) is 10.6 Å². The molecule has 0 saturated carbocycles. The number of hydrogen-bond acceptors (Lipinski definition) is 10. The maximum Gasteiger partial charge on any atom is 0.329 e. The van der Waals surface area contributed by atoms with Gasteiger partial charge in [-0.1, -0.05) is 17.7 Å². The lowest BCUT2D eigenvalue weighted by Crippen LogP contribution is -2.49. The van der Waals surface area contributed by atoms with Gasteiger partial charge < -0.3 is 10.5 Å². The molecule has 6 rings (SSSR count). The second-order valence-corrected chi connectivity index (χ2v) is 16.4. The van der Waals surface area contributed by atoms with E-state index < -0.39 is 17.0 Å². The number of piperidine rings is 2. The van der Waals surface area contributed by atoms with Crippen LogP contribution in [0.25, 0.3) is 10.9 Å². The van der Waals surface area contributed by atoms with Gasteiger partial charge in [-0.15, -0.1) is 0 Å². The summed E-state index contributed by atoms with van der Waals surface area (Å²) in [5.41, 5.74) is 7.83. The monoisotopic (exact) mass is 808 g/mol. The second-order valence-electron chi connectivity index (χ2n) is 13.7. The number of aryl methyl sites for hydroxylation is 1. The third kappa shape index (κ3) is 10.9. The van der Waals surface area contributed by atoms with E-state index in [0.29, 0.717) is 59.2 Å². The molecule has 3 aliphatic heterocycles. The van der Waals surface area contributed by atoms with Crippen LogP contribution in [0.5, 0.6) is 5.75 Å². The largest absolute Gasteiger partial charge is 0.488 e. The number of aromatic nitrogens is 2. The van der Waals surface area contributed by atoms with Gasteiger partial charge in [-0.2, -0.15) is 22.1 Å². The second kappa shape index (κ2) is 20.1. The van der Waals surface area contributed by atoms with Gasteiger partial charge in [0.25, 0.3) is 0 Å². The lowest BCUT2D eigenvalue weighted by Gasteiger charge is -2.34. The number of fused-ring (bicyclic) bond motifs is 1. The summed E-state index contributed by atoms with van der Waals surface area (Å²) in [4.78, 5) is 36.9. The maximum atomic E-state index is 13.5. The molecule has 3 N–H and O–H groups in total. The van der Waals surface area contributed by atoms with E-state index in [1.807, 2.05) is 36.9 Å². The number of allylic oxidation sites excluding steroid dienone is 1. The average Bonchev–Trinajstić information content (AvgIpc) is 3.51. The Labute approximate surface area is 334 Å². The van der Waals surface area contributed by atoms with Gasteiger partial charge >= 0.3 is 6.03 Å². The number of nitrogens with zero attached hydrogens (tertiary/aromatic N) is 8. The van der Waals surface area contributed by atoms with Gasteiger partial charge in [-0.05, 0) is 100 Å². The van der Waals surface area contributed by atoms with Crippen LogP contribution in [-0.4, -0.2) is 112 Å². The minimum atomic E-state index is -1.41. The number of hydrogen-bond donors (Lipinski definition) is 2. The summed E-state index contributed by atoms with van der Waals surface area (Å²) < 4.78 is 23.6. The Hall–Kier alpha value is -4.27. The molecule has 3 aliphatic rings. The van der Waals surface area contributed by atoms with Crippen molar-refractivity contribution in [2.75, 3.05) is 56.7 Å².